The number of benzene rings is 4. The zero-order valence-electron chi connectivity index (χ0n) is 24.3. The van der Waals surface area contributed by atoms with Gasteiger partial charge in [0.2, 0.25) is 5.91 Å². The molecule has 0 fully saturated rings. The third kappa shape index (κ3) is 8.31. The van der Waals surface area contributed by atoms with Gasteiger partial charge in [0.05, 0.1) is 19.1 Å². The van der Waals surface area contributed by atoms with Crippen molar-refractivity contribution in [2.75, 3.05) is 13.7 Å². The van der Waals surface area contributed by atoms with Crippen LogP contribution in [0.5, 0.6) is 0 Å². The van der Waals surface area contributed by atoms with Crippen LogP contribution in [0.15, 0.2) is 134 Å². The number of nitrogens with zero attached hydrogens (tertiary/aromatic N) is 1. The molecular weight excluding hydrogens is 536 g/mol. The van der Waals surface area contributed by atoms with Gasteiger partial charge in [0.1, 0.15) is 12.6 Å². The molecule has 1 amide bonds. The Labute approximate surface area is 252 Å². The van der Waals surface area contributed by atoms with Gasteiger partial charge in [0, 0.05) is 19.5 Å². The molecule has 0 aliphatic rings. The Morgan fingerprint density at radius 2 is 1.26 bits per heavy atom. The number of ether oxygens (including phenoxy) is 2. The maximum absolute atomic E-state index is 13.8. The average Bonchev–Trinajstić information content (AvgIpc) is 3.54. The van der Waals surface area contributed by atoms with E-state index in [4.69, 9.17) is 9.47 Å². The van der Waals surface area contributed by atoms with Crippen LogP contribution in [-0.4, -0.2) is 36.2 Å². The summed E-state index contributed by atoms with van der Waals surface area (Å²) in [7, 11) is 1.61. The van der Waals surface area contributed by atoms with Crippen molar-refractivity contribution in [3.05, 3.63) is 145 Å². The smallest absolute Gasteiger partial charge is 0.308 e. The van der Waals surface area contributed by atoms with Gasteiger partial charge in [-0.1, -0.05) is 115 Å². The van der Waals surface area contributed by atoms with Gasteiger partial charge in [-0.05, 0) is 45.9 Å². The van der Waals surface area contributed by atoms with Crippen molar-refractivity contribution in [1.82, 2.24) is 9.88 Å². The number of methoxy groups -OCH3 is 1. The minimum absolute atomic E-state index is 0.106. The molecule has 1 N–H and O–H groups in total. The van der Waals surface area contributed by atoms with Crippen molar-refractivity contribution in [2.24, 2.45) is 0 Å². The Kier molecular flexibility index (Phi) is 10.2. The Bertz CT molecular complexity index is 1580. The molecule has 6 heteroatoms. The third-order valence-corrected chi connectivity index (χ3v) is 7.34. The predicted molar refractivity (Wildman–Crippen MR) is 169 cm³/mol. The maximum Gasteiger partial charge on any atom is 0.308 e. The van der Waals surface area contributed by atoms with Crippen molar-refractivity contribution in [1.29, 1.82) is 0 Å². The SMILES string of the molecule is COC[C@H](Cc1ccccc1)NC(=O)C(CC(=O)OCc1ccccc1)n1ccc(-c2ccc(-c3ccccc3)cc2)c1. The molecule has 218 valence electrons. The van der Waals surface area contributed by atoms with E-state index in [1.165, 1.54) is 0 Å². The molecule has 0 radical (unpaired) electrons. The number of esters is 1. The van der Waals surface area contributed by atoms with Crippen molar-refractivity contribution in [3.8, 4) is 22.3 Å². The fraction of sp³-hybridized carbons (Fsp3) is 0.189. The van der Waals surface area contributed by atoms with Gasteiger partial charge in [-0.25, -0.2) is 0 Å². The molecule has 0 spiro atoms. The van der Waals surface area contributed by atoms with Crippen molar-refractivity contribution < 1.29 is 19.1 Å². The van der Waals surface area contributed by atoms with Crippen LogP contribution in [0, 0.1) is 0 Å². The number of hydrogen-bond donors (Lipinski definition) is 1. The van der Waals surface area contributed by atoms with Gasteiger partial charge in [0.25, 0.3) is 0 Å². The number of aromatic nitrogens is 1. The van der Waals surface area contributed by atoms with Crippen LogP contribution < -0.4 is 5.32 Å². The first-order valence-electron chi connectivity index (χ1n) is 14.4. The zero-order chi connectivity index (χ0) is 29.9. The molecule has 2 atom stereocenters. The minimum atomic E-state index is -0.796. The highest BCUT2D eigenvalue weighted by Gasteiger charge is 2.27. The van der Waals surface area contributed by atoms with Crippen LogP contribution in [0.25, 0.3) is 22.3 Å². The van der Waals surface area contributed by atoms with Crippen LogP contribution in [-0.2, 0) is 32.1 Å². The Morgan fingerprint density at radius 3 is 1.88 bits per heavy atom. The third-order valence-electron chi connectivity index (χ3n) is 7.34. The van der Waals surface area contributed by atoms with Crippen LogP contribution in [0.3, 0.4) is 0 Å². The summed E-state index contributed by atoms with van der Waals surface area (Å²) in [5.74, 6) is -0.714. The maximum atomic E-state index is 13.8. The molecule has 5 aromatic rings. The van der Waals surface area contributed by atoms with Gasteiger partial charge in [0.15, 0.2) is 0 Å². The van der Waals surface area contributed by atoms with Crippen molar-refractivity contribution >= 4 is 11.9 Å². The van der Waals surface area contributed by atoms with Gasteiger partial charge >= 0.3 is 5.97 Å². The first kappa shape index (κ1) is 29.5. The van der Waals surface area contributed by atoms with Gasteiger partial charge in [-0.3, -0.25) is 9.59 Å². The molecule has 0 saturated carbocycles. The van der Waals surface area contributed by atoms with E-state index in [0.717, 1.165) is 33.4 Å². The summed E-state index contributed by atoms with van der Waals surface area (Å²) in [6, 6.07) is 38.9. The van der Waals surface area contributed by atoms with E-state index >= 15 is 0 Å². The highest BCUT2D eigenvalue weighted by atomic mass is 16.5. The fourth-order valence-electron chi connectivity index (χ4n) is 5.10. The summed E-state index contributed by atoms with van der Waals surface area (Å²) in [6.45, 7) is 0.496. The normalized spacial score (nSPS) is 12.3. The standard InChI is InChI=1S/C37H36N2O4/c1-42-27-34(23-28-11-5-2-6-12-28)38-37(41)35(24-36(40)43-26-29-13-7-3-8-14-29)39-22-21-33(25-39)32-19-17-31(18-20-32)30-15-9-4-10-16-30/h2-22,25,34-35H,23-24,26-27H2,1H3,(H,38,41)/t34-,35?/m0/s1. The summed E-state index contributed by atoms with van der Waals surface area (Å²) < 4.78 is 12.8. The molecule has 1 aromatic heterocycles. The largest absolute Gasteiger partial charge is 0.461 e. The second kappa shape index (κ2) is 14.8. The van der Waals surface area contributed by atoms with Gasteiger partial charge in [-0.15, -0.1) is 0 Å². The lowest BCUT2D eigenvalue weighted by Gasteiger charge is -2.23. The number of hydrogen-bond acceptors (Lipinski definition) is 4. The average molecular weight is 573 g/mol. The second-order valence-electron chi connectivity index (χ2n) is 10.5. The molecule has 0 bridgehead atoms. The first-order valence-corrected chi connectivity index (χ1v) is 14.4. The number of rotatable bonds is 13. The monoisotopic (exact) mass is 572 g/mol. The van der Waals surface area contributed by atoms with E-state index in [9.17, 15) is 9.59 Å². The van der Waals surface area contributed by atoms with E-state index in [2.05, 4.69) is 41.7 Å². The van der Waals surface area contributed by atoms with E-state index < -0.39 is 12.0 Å². The van der Waals surface area contributed by atoms with Crippen LogP contribution in [0.2, 0.25) is 0 Å². The Hall–Kier alpha value is -4.94. The van der Waals surface area contributed by atoms with Gasteiger partial charge in [-0.2, -0.15) is 0 Å². The van der Waals surface area contributed by atoms with Crippen LogP contribution in [0.4, 0.5) is 0 Å². The van der Waals surface area contributed by atoms with E-state index in [0.29, 0.717) is 13.0 Å². The second-order valence-corrected chi connectivity index (χ2v) is 10.5. The Morgan fingerprint density at radius 1 is 0.698 bits per heavy atom. The fourth-order valence-corrected chi connectivity index (χ4v) is 5.10. The molecular formula is C37H36N2O4. The number of nitrogens with one attached hydrogen (secondary N) is 1. The van der Waals surface area contributed by atoms with E-state index in [1.54, 1.807) is 11.7 Å². The minimum Gasteiger partial charge on any atom is -0.461 e. The lowest BCUT2D eigenvalue weighted by Crippen LogP contribution is -2.43. The lowest BCUT2D eigenvalue weighted by molar-refractivity contribution is -0.147. The zero-order valence-corrected chi connectivity index (χ0v) is 24.3. The molecule has 1 unspecified atom stereocenters. The first-order chi connectivity index (χ1) is 21.1. The molecule has 5 rings (SSSR count). The number of carbonyl (C=O) groups is 2. The topological polar surface area (TPSA) is 69.6 Å². The molecule has 0 aliphatic carbocycles. The summed E-state index contributed by atoms with van der Waals surface area (Å²) in [5, 5.41) is 3.13. The molecule has 0 saturated heterocycles. The van der Waals surface area contributed by atoms with Crippen molar-refractivity contribution in [3.63, 3.8) is 0 Å². The Balaban J connectivity index is 1.34. The highest BCUT2D eigenvalue weighted by Crippen LogP contribution is 2.27. The summed E-state index contributed by atoms with van der Waals surface area (Å²) >= 11 is 0. The predicted octanol–water partition coefficient (Wildman–Crippen LogP) is 6.87. The number of carbonyl (C=O) groups excluding carboxylic acids is 2. The molecule has 1 heterocycles. The lowest BCUT2D eigenvalue weighted by atomic mass is 10.0. The summed E-state index contributed by atoms with van der Waals surface area (Å²) in [5.41, 5.74) is 6.23. The number of amides is 1. The van der Waals surface area contributed by atoms with Crippen LogP contribution >= 0.6 is 0 Å². The highest BCUT2D eigenvalue weighted by molar-refractivity contribution is 5.86. The van der Waals surface area contributed by atoms with Gasteiger partial charge < -0.3 is 19.4 Å². The quantitative estimate of drug-likeness (QED) is 0.156. The van der Waals surface area contributed by atoms with E-state index in [-0.39, 0.29) is 25.0 Å². The molecule has 0 aliphatic heterocycles. The van der Waals surface area contributed by atoms with Crippen molar-refractivity contribution in [2.45, 2.75) is 31.5 Å². The molecule has 4 aromatic carbocycles. The summed E-state index contributed by atoms with van der Waals surface area (Å²) in [6.07, 6.45) is 4.26. The van der Waals surface area contributed by atoms with E-state index in [1.807, 2.05) is 97.3 Å². The summed E-state index contributed by atoms with van der Waals surface area (Å²) in [4.78, 5) is 26.8. The molecule has 6 nitrogen and oxygen atoms in total. The molecule has 43 heavy (non-hydrogen) atoms. The van der Waals surface area contributed by atoms with Crippen LogP contribution in [0.1, 0.15) is 23.6 Å².